The molecule has 42 valence electrons. The fourth-order valence-corrected chi connectivity index (χ4v) is 0.227. The van der Waals surface area contributed by atoms with Crippen LogP contribution >= 0.6 is 11.8 Å². The normalized spacial score (nSPS) is 11.6. The number of guanidine groups is 1. The van der Waals surface area contributed by atoms with Crippen LogP contribution in [0.2, 0.25) is 0 Å². The SMILES string of the molecule is CN(C)C(N)=NCl. The van der Waals surface area contributed by atoms with E-state index in [1.165, 1.54) is 0 Å². The van der Waals surface area contributed by atoms with Gasteiger partial charge in [0.25, 0.3) is 0 Å². The summed E-state index contributed by atoms with van der Waals surface area (Å²) >= 11 is 4.97. The molecule has 0 aliphatic carbocycles. The predicted molar refractivity (Wildman–Crippen MR) is 31.2 cm³/mol. The van der Waals surface area contributed by atoms with Gasteiger partial charge >= 0.3 is 0 Å². The van der Waals surface area contributed by atoms with Gasteiger partial charge in [-0.05, 0) is 0 Å². The molecule has 0 saturated heterocycles. The molecular weight excluding hydrogens is 114 g/mol. The second kappa shape index (κ2) is 2.69. The van der Waals surface area contributed by atoms with Gasteiger partial charge in [-0.25, -0.2) is 0 Å². The van der Waals surface area contributed by atoms with E-state index in [0.717, 1.165) is 0 Å². The summed E-state index contributed by atoms with van der Waals surface area (Å²) in [6, 6.07) is 0. The second-order valence-electron chi connectivity index (χ2n) is 1.34. The molecule has 0 heterocycles. The van der Waals surface area contributed by atoms with Crippen LogP contribution in [0, 0.1) is 0 Å². The molecule has 0 aliphatic heterocycles. The molecule has 0 rings (SSSR count). The van der Waals surface area contributed by atoms with Crippen molar-refractivity contribution in [3.63, 3.8) is 0 Å². The highest BCUT2D eigenvalue weighted by Gasteiger charge is 1.87. The van der Waals surface area contributed by atoms with Gasteiger partial charge in [0.1, 0.15) is 0 Å². The number of halogens is 1. The zero-order chi connectivity index (χ0) is 5.86. The first kappa shape index (κ1) is 6.56. The van der Waals surface area contributed by atoms with Gasteiger partial charge in [0.05, 0.1) is 0 Å². The summed E-state index contributed by atoms with van der Waals surface area (Å²) in [7, 11) is 3.53. The topological polar surface area (TPSA) is 41.6 Å². The smallest absolute Gasteiger partial charge is 0.208 e. The standard InChI is InChI=1S/C3H8ClN3/c1-7(2)3(5)6-4/h1-2H3,(H2,5,6). The van der Waals surface area contributed by atoms with Crippen molar-refractivity contribution in [3.05, 3.63) is 0 Å². The third-order valence-corrected chi connectivity index (χ3v) is 0.718. The third-order valence-electron chi connectivity index (χ3n) is 0.545. The first-order valence-corrected chi connectivity index (χ1v) is 2.14. The lowest BCUT2D eigenvalue weighted by atomic mass is 10.8. The van der Waals surface area contributed by atoms with E-state index in [2.05, 4.69) is 4.51 Å². The number of rotatable bonds is 0. The summed E-state index contributed by atoms with van der Waals surface area (Å²) in [6.45, 7) is 0. The lowest BCUT2D eigenvalue weighted by Crippen LogP contribution is -2.29. The van der Waals surface area contributed by atoms with Gasteiger partial charge in [-0.3, -0.25) is 0 Å². The van der Waals surface area contributed by atoms with Gasteiger partial charge in [-0.15, -0.1) is 4.51 Å². The molecule has 0 fully saturated rings. The molecule has 0 aromatic carbocycles. The zero-order valence-electron chi connectivity index (χ0n) is 4.35. The number of hydrogen-bond acceptors (Lipinski definition) is 1. The van der Waals surface area contributed by atoms with Crippen molar-refractivity contribution in [2.24, 2.45) is 10.2 Å². The van der Waals surface area contributed by atoms with Crippen LogP contribution < -0.4 is 5.73 Å². The minimum atomic E-state index is 0.321. The molecule has 3 nitrogen and oxygen atoms in total. The molecule has 0 spiro atoms. The molecule has 0 saturated carbocycles. The van der Waals surface area contributed by atoms with Crippen molar-refractivity contribution < 1.29 is 0 Å². The van der Waals surface area contributed by atoms with E-state index in [9.17, 15) is 0 Å². The Morgan fingerprint density at radius 3 is 2.14 bits per heavy atom. The van der Waals surface area contributed by atoms with E-state index in [4.69, 9.17) is 17.5 Å². The van der Waals surface area contributed by atoms with Crippen molar-refractivity contribution in [1.29, 1.82) is 0 Å². The highest BCUT2D eigenvalue weighted by molar-refractivity contribution is 6.19. The highest BCUT2D eigenvalue weighted by atomic mass is 35.5. The monoisotopic (exact) mass is 121 g/mol. The largest absolute Gasteiger partial charge is 0.369 e. The van der Waals surface area contributed by atoms with Crippen LogP contribution in [0.3, 0.4) is 0 Å². The van der Waals surface area contributed by atoms with E-state index in [1.807, 2.05) is 0 Å². The Hall–Kier alpha value is -0.440. The minimum absolute atomic E-state index is 0.321. The summed E-state index contributed by atoms with van der Waals surface area (Å²) in [5.74, 6) is 0.321. The Kier molecular flexibility index (Phi) is 2.52. The average molecular weight is 122 g/mol. The van der Waals surface area contributed by atoms with Gasteiger partial charge < -0.3 is 10.6 Å². The van der Waals surface area contributed by atoms with Crippen LogP contribution in [0.5, 0.6) is 0 Å². The molecule has 0 aliphatic rings. The third kappa shape index (κ3) is 2.28. The molecule has 2 N–H and O–H groups in total. The maximum atomic E-state index is 5.16. The summed E-state index contributed by atoms with van der Waals surface area (Å²) in [5.41, 5.74) is 5.16. The Balaban J connectivity index is 3.56. The molecule has 0 radical (unpaired) electrons. The number of nitrogens with two attached hydrogens (primary N) is 1. The van der Waals surface area contributed by atoms with E-state index in [-0.39, 0.29) is 0 Å². The molecular formula is C3H8ClN3. The quantitative estimate of drug-likeness (QED) is 0.363. The van der Waals surface area contributed by atoms with E-state index in [0.29, 0.717) is 5.96 Å². The summed E-state index contributed by atoms with van der Waals surface area (Å²) in [6.07, 6.45) is 0. The molecule has 0 bridgehead atoms. The van der Waals surface area contributed by atoms with Crippen LogP contribution in [0.25, 0.3) is 0 Å². The fraction of sp³-hybridized carbons (Fsp3) is 0.667. The van der Waals surface area contributed by atoms with Crippen molar-refractivity contribution in [3.8, 4) is 0 Å². The molecule has 0 aromatic rings. The minimum Gasteiger partial charge on any atom is -0.369 e. The lowest BCUT2D eigenvalue weighted by Gasteiger charge is -2.06. The van der Waals surface area contributed by atoms with Crippen molar-refractivity contribution in [2.45, 2.75) is 0 Å². The molecule has 0 atom stereocenters. The maximum absolute atomic E-state index is 5.16. The molecule has 0 aromatic heterocycles. The fourth-order valence-electron chi connectivity index (χ4n) is 0.0756. The van der Waals surface area contributed by atoms with E-state index in [1.54, 1.807) is 19.0 Å². The van der Waals surface area contributed by atoms with Crippen LogP contribution in [-0.2, 0) is 0 Å². The zero-order valence-corrected chi connectivity index (χ0v) is 5.11. The van der Waals surface area contributed by atoms with Crippen molar-refractivity contribution in [1.82, 2.24) is 4.90 Å². The Morgan fingerprint density at radius 2 is 2.14 bits per heavy atom. The van der Waals surface area contributed by atoms with Crippen LogP contribution in [0.1, 0.15) is 0 Å². The van der Waals surface area contributed by atoms with Crippen LogP contribution in [0.4, 0.5) is 0 Å². The summed E-state index contributed by atoms with van der Waals surface area (Å²) in [4.78, 5) is 1.62. The predicted octanol–water partition coefficient (Wildman–Crippen LogP) is 0.0165. The van der Waals surface area contributed by atoms with E-state index < -0.39 is 0 Å². The number of nitrogens with zero attached hydrogens (tertiary/aromatic N) is 2. The van der Waals surface area contributed by atoms with E-state index >= 15 is 0 Å². The van der Waals surface area contributed by atoms with Crippen LogP contribution in [0.15, 0.2) is 4.51 Å². The Bertz CT molecular complexity index is 78.2. The molecule has 4 heteroatoms. The lowest BCUT2D eigenvalue weighted by molar-refractivity contribution is 0.616. The van der Waals surface area contributed by atoms with Gasteiger partial charge in [0.2, 0.25) is 5.96 Å². The van der Waals surface area contributed by atoms with Gasteiger partial charge in [0.15, 0.2) is 0 Å². The van der Waals surface area contributed by atoms with Gasteiger partial charge in [-0.2, -0.15) is 0 Å². The Labute approximate surface area is 47.9 Å². The van der Waals surface area contributed by atoms with Gasteiger partial charge in [-0.1, -0.05) is 0 Å². The molecule has 0 amide bonds. The molecule has 7 heavy (non-hydrogen) atoms. The highest BCUT2D eigenvalue weighted by Crippen LogP contribution is 1.77. The molecule has 0 unspecified atom stereocenters. The first-order valence-electron chi connectivity index (χ1n) is 1.80. The summed E-state index contributed by atoms with van der Waals surface area (Å²) in [5, 5.41) is 0. The Morgan fingerprint density at radius 1 is 1.71 bits per heavy atom. The van der Waals surface area contributed by atoms with Gasteiger partial charge in [0, 0.05) is 25.9 Å². The maximum Gasteiger partial charge on any atom is 0.208 e. The van der Waals surface area contributed by atoms with Crippen LogP contribution in [-0.4, -0.2) is 25.0 Å². The second-order valence-corrected chi connectivity index (χ2v) is 1.51. The average Bonchev–Trinajstić information content (AvgIpc) is 1.65. The first-order chi connectivity index (χ1) is 3.18. The van der Waals surface area contributed by atoms with Crippen molar-refractivity contribution >= 4 is 17.7 Å². The number of hydrogen-bond donors (Lipinski definition) is 1. The van der Waals surface area contributed by atoms with Crippen molar-refractivity contribution in [2.75, 3.05) is 14.1 Å². The summed E-state index contributed by atoms with van der Waals surface area (Å²) < 4.78 is 3.18.